The predicted octanol–water partition coefficient (Wildman–Crippen LogP) is 0.156. The van der Waals surface area contributed by atoms with E-state index in [9.17, 15) is 9.90 Å². The van der Waals surface area contributed by atoms with Crippen LogP contribution in [-0.4, -0.2) is 36.9 Å². The number of aliphatic hydroxyl groups is 1. The lowest BCUT2D eigenvalue weighted by atomic mass is 10.2. The van der Waals surface area contributed by atoms with Crippen molar-refractivity contribution in [3.05, 3.63) is 0 Å². The summed E-state index contributed by atoms with van der Waals surface area (Å²) in [7, 11) is 0. The lowest BCUT2D eigenvalue weighted by molar-refractivity contribution is -0.152. The Kier molecular flexibility index (Phi) is 6.54. The summed E-state index contributed by atoms with van der Waals surface area (Å²) in [5.74, 6) is -0.0480. The van der Waals surface area contributed by atoms with Gasteiger partial charge in [0.05, 0.1) is 6.61 Å². The maximum atomic E-state index is 10.9. The zero-order valence-corrected chi connectivity index (χ0v) is 8.54. The summed E-state index contributed by atoms with van der Waals surface area (Å²) in [4.78, 5) is 10.9. The van der Waals surface area contributed by atoms with Crippen molar-refractivity contribution >= 4 is 5.97 Å². The van der Waals surface area contributed by atoms with E-state index >= 15 is 0 Å². The molecule has 78 valence electrons. The van der Waals surface area contributed by atoms with E-state index in [-0.39, 0.29) is 6.54 Å². The molecule has 0 aromatic heterocycles. The Labute approximate surface area is 79.3 Å². The Bertz CT molecular complexity index is 148. The highest BCUT2D eigenvalue weighted by Crippen LogP contribution is 1.90. The van der Waals surface area contributed by atoms with E-state index in [0.29, 0.717) is 12.5 Å². The van der Waals surface area contributed by atoms with Gasteiger partial charge in [-0.25, -0.2) is 4.79 Å². The summed E-state index contributed by atoms with van der Waals surface area (Å²) in [6.07, 6.45) is -1.04. The third-order valence-corrected chi connectivity index (χ3v) is 1.45. The maximum absolute atomic E-state index is 10.9. The number of ether oxygens (including phenoxy) is 1. The van der Waals surface area contributed by atoms with Crippen LogP contribution >= 0.6 is 0 Å². The maximum Gasteiger partial charge on any atom is 0.336 e. The van der Waals surface area contributed by atoms with Crippen molar-refractivity contribution in [1.29, 1.82) is 0 Å². The van der Waals surface area contributed by atoms with Gasteiger partial charge < -0.3 is 15.2 Å². The Hall–Kier alpha value is -0.610. The Morgan fingerprint density at radius 2 is 2.08 bits per heavy atom. The molecule has 4 nitrogen and oxygen atoms in total. The summed E-state index contributed by atoms with van der Waals surface area (Å²) in [6, 6.07) is 0. The van der Waals surface area contributed by atoms with Crippen molar-refractivity contribution in [2.45, 2.75) is 26.9 Å². The summed E-state index contributed by atoms with van der Waals surface area (Å²) < 4.78 is 4.63. The summed E-state index contributed by atoms with van der Waals surface area (Å²) in [5, 5.41) is 12.2. The van der Waals surface area contributed by atoms with Crippen molar-refractivity contribution in [2.24, 2.45) is 5.92 Å². The second-order valence-corrected chi connectivity index (χ2v) is 3.32. The molecule has 0 radical (unpaired) electrons. The number of hydrogen-bond acceptors (Lipinski definition) is 4. The molecule has 0 rings (SSSR count). The minimum absolute atomic E-state index is 0.261. The normalized spacial score (nSPS) is 13.0. The molecule has 4 heteroatoms. The van der Waals surface area contributed by atoms with E-state index in [1.165, 1.54) is 0 Å². The Balaban J connectivity index is 3.49. The molecule has 0 aromatic carbocycles. The van der Waals surface area contributed by atoms with Gasteiger partial charge in [0.25, 0.3) is 0 Å². The molecule has 0 aliphatic rings. The number of rotatable bonds is 6. The van der Waals surface area contributed by atoms with Crippen LogP contribution in [0.15, 0.2) is 0 Å². The standard InChI is InChI=1S/C9H19NO3/c1-4-13-9(12)8(11)6-10-5-7(2)3/h7-8,10-11H,4-6H2,1-3H3. The number of aliphatic hydroxyl groups excluding tert-OH is 1. The van der Waals surface area contributed by atoms with Crippen LogP contribution in [0.2, 0.25) is 0 Å². The van der Waals surface area contributed by atoms with E-state index in [1.807, 2.05) is 0 Å². The highest BCUT2D eigenvalue weighted by molar-refractivity contribution is 5.74. The molecule has 0 aromatic rings. The smallest absolute Gasteiger partial charge is 0.336 e. The zero-order chi connectivity index (χ0) is 10.3. The lowest BCUT2D eigenvalue weighted by Crippen LogP contribution is -2.36. The molecule has 2 N–H and O–H groups in total. The molecule has 1 atom stereocenters. The van der Waals surface area contributed by atoms with Crippen LogP contribution in [0, 0.1) is 5.92 Å². The van der Waals surface area contributed by atoms with Gasteiger partial charge in [-0.1, -0.05) is 13.8 Å². The average Bonchev–Trinajstić information content (AvgIpc) is 2.04. The molecular weight excluding hydrogens is 170 g/mol. The summed E-state index contributed by atoms with van der Waals surface area (Å²) >= 11 is 0. The number of carbonyl (C=O) groups is 1. The van der Waals surface area contributed by atoms with E-state index in [1.54, 1.807) is 6.92 Å². The third kappa shape index (κ3) is 6.54. The van der Waals surface area contributed by atoms with Gasteiger partial charge in [0.2, 0.25) is 0 Å². The first-order valence-electron chi connectivity index (χ1n) is 4.63. The van der Waals surface area contributed by atoms with Crippen molar-refractivity contribution < 1.29 is 14.6 Å². The fourth-order valence-corrected chi connectivity index (χ4v) is 0.831. The number of carbonyl (C=O) groups excluding carboxylic acids is 1. The number of hydrogen-bond donors (Lipinski definition) is 2. The van der Waals surface area contributed by atoms with Gasteiger partial charge in [0.1, 0.15) is 0 Å². The molecule has 0 aliphatic heterocycles. The molecule has 13 heavy (non-hydrogen) atoms. The van der Waals surface area contributed by atoms with Gasteiger partial charge >= 0.3 is 5.97 Å². The molecular formula is C9H19NO3. The third-order valence-electron chi connectivity index (χ3n) is 1.45. The van der Waals surface area contributed by atoms with E-state index in [0.717, 1.165) is 6.54 Å². The van der Waals surface area contributed by atoms with E-state index < -0.39 is 12.1 Å². The SMILES string of the molecule is CCOC(=O)C(O)CNCC(C)C. The Morgan fingerprint density at radius 3 is 2.54 bits per heavy atom. The van der Waals surface area contributed by atoms with Crippen LogP contribution in [0.3, 0.4) is 0 Å². The number of esters is 1. The van der Waals surface area contributed by atoms with Crippen molar-refractivity contribution in [1.82, 2.24) is 5.32 Å². The molecule has 1 unspecified atom stereocenters. The van der Waals surface area contributed by atoms with Crippen molar-refractivity contribution in [3.8, 4) is 0 Å². The first-order valence-corrected chi connectivity index (χ1v) is 4.63. The van der Waals surface area contributed by atoms with Gasteiger partial charge in [-0.15, -0.1) is 0 Å². The van der Waals surface area contributed by atoms with Gasteiger partial charge in [0.15, 0.2) is 6.10 Å². The predicted molar refractivity (Wildman–Crippen MR) is 50.3 cm³/mol. The van der Waals surface area contributed by atoms with Gasteiger partial charge in [-0.2, -0.15) is 0 Å². The molecule has 0 fully saturated rings. The monoisotopic (exact) mass is 189 g/mol. The topological polar surface area (TPSA) is 58.6 Å². The molecule has 0 spiro atoms. The molecule has 0 saturated carbocycles. The van der Waals surface area contributed by atoms with Crippen molar-refractivity contribution in [3.63, 3.8) is 0 Å². The summed E-state index contributed by atoms with van der Waals surface area (Å²) in [5.41, 5.74) is 0. The molecule has 0 saturated heterocycles. The fourth-order valence-electron chi connectivity index (χ4n) is 0.831. The van der Waals surface area contributed by atoms with Crippen LogP contribution in [0.1, 0.15) is 20.8 Å². The van der Waals surface area contributed by atoms with Gasteiger partial charge in [-0.05, 0) is 19.4 Å². The quantitative estimate of drug-likeness (QED) is 0.584. The van der Waals surface area contributed by atoms with Crippen molar-refractivity contribution in [2.75, 3.05) is 19.7 Å². The fraction of sp³-hybridized carbons (Fsp3) is 0.889. The zero-order valence-electron chi connectivity index (χ0n) is 8.54. The molecule has 0 amide bonds. The molecule has 0 aliphatic carbocycles. The largest absolute Gasteiger partial charge is 0.464 e. The second-order valence-electron chi connectivity index (χ2n) is 3.32. The highest BCUT2D eigenvalue weighted by Gasteiger charge is 2.14. The van der Waals surface area contributed by atoms with Crippen LogP contribution in [0.5, 0.6) is 0 Å². The molecule has 0 bridgehead atoms. The first-order chi connectivity index (χ1) is 6.07. The lowest BCUT2D eigenvalue weighted by Gasteiger charge is -2.11. The van der Waals surface area contributed by atoms with Crippen LogP contribution in [-0.2, 0) is 9.53 Å². The van der Waals surface area contributed by atoms with Crippen LogP contribution in [0.25, 0.3) is 0 Å². The minimum atomic E-state index is -1.04. The van der Waals surface area contributed by atoms with Crippen LogP contribution in [0.4, 0.5) is 0 Å². The van der Waals surface area contributed by atoms with Gasteiger partial charge in [0, 0.05) is 6.54 Å². The van der Waals surface area contributed by atoms with Crippen LogP contribution < -0.4 is 5.32 Å². The first kappa shape index (κ1) is 12.4. The van der Waals surface area contributed by atoms with E-state index in [2.05, 4.69) is 23.9 Å². The highest BCUT2D eigenvalue weighted by atomic mass is 16.5. The van der Waals surface area contributed by atoms with E-state index in [4.69, 9.17) is 0 Å². The number of nitrogens with one attached hydrogen (secondary N) is 1. The molecule has 0 heterocycles. The minimum Gasteiger partial charge on any atom is -0.464 e. The van der Waals surface area contributed by atoms with Gasteiger partial charge in [-0.3, -0.25) is 0 Å². The second kappa shape index (κ2) is 6.86. The summed E-state index contributed by atoms with van der Waals surface area (Å²) in [6.45, 7) is 7.19. The Morgan fingerprint density at radius 1 is 1.46 bits per heavy atom. The average molecular weight is 189 g/mol.